The summed E-state index contributed by atoms with van der Waals surface area (Å²) in [4.78, 5) is 15.7. The van der Waals surface area contributed by atoms with Crippen LogP contribution in [0.15, 0.2) is 142 Å². The van der Waals surface area contributed by atoms with E-state index in [1.165, 1.54) is 36.4 Å². The number of aromatic nitrogens is 9. The van der Waals surface area contributed by atoms with Crippen molar-refractivity contribution in [1.29, 1.82) is 0 Å². The molecule has 6 heterocycles. The SMILES string of the molecule is CNc1cc(-c2c(C)noc2C)cc2c1ncn2Cc1ccc(F)cc1.Cc1noc(C)c1-c1cc(N(C)C)c2ncn(Cc3ccc(F)cc3)c2c1.Cc1noc(C)c1-c1cc(N)c2ncn(Cc3ccc(F)cc3)c2c1. The average molecular weight is 1050 g/mol. The van der Waals surface area contributed by atoms with Gasteiger partial charge >= 0.3 is 0 Å². The van der Waals surface area contributed by atoms with E-state index in [1.807, 2.05) is 92.0 Å². The first-order chi connectivity index (χ1) is 37.5. The van der Waals surface area contributed by atoms with Gasteiger partial charge in [0, 0.05) is 57.5 Å². The zero-order valence-electron chi connectivity index (χ0n) is 44.7. The molecule has 0 saturated carbocycles. The van der Waals surface area contributed by atoms with Gasteiger partial charge in [-0.3, -0.25) is 0 Å². The van der Waals surface area contributed by atoms with Gasteiger partial charge in [-0.1, -0.05) is 51.9 Å². The molecule has 0 aliphatic heterocycles. The zero-order chi connectivity index (χ0) is 54.9. The Balaban J connectivity index is 0.000000132. The number of imidazole rings is 3. The first-order valence-corrected chi connectivity index (χ1v) is 25.1. The van der Waals surface area contributed by atoms with Gasteiger partial charge in [-0.05, 0) is 148 Å². The van der Waals surface area contributed by atoms with E-state index in [0.29, 0.717) is 25.3 Å². The second-order valence-electron chi connectivity index (χ2n) is 19.4. The van der Waals surface area contributed by atoms with Crippen LogP contribution in [0.25, 0.3) is 66.5 Å². The molecule has 0 fully saturated rings. The fourth-order valence-corrected chi connectivity index (χ4v) is 9.89. The molecule has 0 aliphatic rings. The van der Waals surface area contributed by atoms with Crippen LogP contribution >= 0.6 is 0 Å². The Morgan fingerprint density at radius 3 is 1.19 bits per heavy atom. The third-order valence-electron chi connectivity index (χ3n) is 13.7. The molecule has 6 aromatic heterocycles. The Hall–Kier alpha value is -9.45. The largest absolute Gasteiger partial charge is 0.397 e. The van der Waals surface area contributed by atoms with Gasteiger partial charge in [-0.25, -0.2) is 28.1 Å². The van der Waals surface area contributed by atoms with Crippen molar-refractivity contribution >= 4 is 50.2 Å². The van der Waals surface area contributed by atoms with Gasteiger partial charge in [-0.15, -0.1) is 0 Å². The smallest absolute Gasteiger partial charge is 0.141 e. The summed E-state index contributed by atoms with van der Waals surface area (Å²) in [7, 11) is 5.89. The number of halogens is 3. The summed E-state index contributed by atoms with van der Waals surface area (Å²) in [6.07, 6.45) is 5.39. The molecule has 15 nitrogen and oxygen atoms in total. The van der Waals surface area contributed by atoms with Crippen molar-refractivity contribution in [3.05, 3.63) is 197 Å². The second kappa shape index (κ2) is 21.7. The van der Waals surface area contributed by atoms with E-state index >= 15 is 0 Å². The van der Waals surface area contributed by atoms with E-state index in [-0.39, 0.29) is 17.5 Å². The highest BCUT2D eigenvalue weighted by atomic mass is 19.1. The second-order valence-corrected chi connectivity index (χ2v) is 19.4. The molecule has 396 valence electrons. The lowest BCUT2D eigenvalue weighted by Gasteiger charge is -2.16. The predicted molar refractivity (Wildman–Crippen MR) is 299 cm³/mol. The molecular weight excluding hydrogens is 994 g/mol. The predicted octanol–water partition coefficient (Wildman–Crippen LogP) is 13.2. The summed E-state index contributed by atoms with van der Waals surface area (Å²) >= 11 is 0. The van der Waals surface area contributed by atoms with Crippen molar-refractivity contribution in [2.24, 2.45) is 0 Å². The molecule has 0 amide bonds. The van der Waals surface area contributed by atoms with Gasteiger partial charge in [0.2, 0.25) is 0 Å². The molecule has 0 atom stereocenters. The molecule has 78 heavy (non-hydrogen) atoms. The highest BCUT2D eigenvalue weighted by Crippen LogP contribution is 2.37. The van der Waals surface area contributed by atoms with Crippen LogP contribution in [0.5, 0.6) is 0 Å². The Kier molecular flexibility index (Phi) is 14.4. The number of nitrogens with one attached hydrogen (secondary N) is 1. The molecule has 6 aromatic carbocycles. The van der Waals surface area contributed by atoms with Crippen LogP contribution in [-0.2, 0) is 19.6 Å². The fraction of sp³-hybridized carbons (Fsp3) is 0.200. The molecule has 0 unspecified atom stereocenters. The third-order valence-corrected chi connectivity index (χ3v) is 13.7. The fourth-order valence-electron chi connectivity index (χ4n) is 9.89. The number of anilines is 3. The number of hydrogen-bond donors (Lipinski definition) is 2. The molecule has 12 rings (SSSR count). The average Bonchev–Trinajstić information content (AvgIpc) is 4.40. The van der Waals surface area contributed by atoms with Gasteiger partial charge < -0.3 is 43.2 Å². The van der Waals surface area contributed by atoms with Crippen molar-refractivity contribution in [3.8, 4) is 33.4 Å². The number of aryl methyl sites for hydroxylation is 6. The van der Waals surface area contributed by atoms with Gasteiger partial charge in [0.1, 0.15) is 51.3 Å². The third kappa shape index (κ3) is 10.6. The van der Waals surface area contributed by atoms with Gasteiger partial charge in [0.15, 0.2) is 0 Å². The van der Waals surface area contributed by atoms with E-state index in [9.17, 15) is 13.2 Å². The molecule has 0 saturated heterocycles. The van der Waals surface area contributed by atoms with E-state index in [0.717, 1.165) is 129 Å². The lowest BCUT2D eigenvalue weighted by molar-refractivity contribution is 0.393. The number of nitrogen functional groups attached to an aromatic ring is 1. The van der Waals surface area contributed by atoms with E-state index < -0.39 is 0 Å². The summed E-state index contributed by atoms with van der Waals surface area (Å²) in [6, 6.07) is 31.9. The number of rotatable bonds is 11. The number of benzene rings is 6. The Bertz CT molecular complexity index is 4030. The van der Waals surface area contributed by atoms with Crippen molar-refractivity contribution in [2.45, 2.75) is 61.2 Å². The summed E-state index contributed by atoms with van der Waals surface area (Å²) < 4.78 is 61.6. The Morgan fingerprint density at radius 2 is 0.821 bits per heavy atom. The minimum absolute atomic E-state index is 0.232. The number of nitrogens with zero attached hydrogens (tertiary/aromatic N) is 10. The van der Waals surface area contributed by atoms with Crippen molar-refractivity contribution < 1.29 is 26.7 Å². The van der Waals surface area contributed by atoms with Crippen LogP contribution in [0.3, 0.4) is 0 Å². The zero-order valence-corrected chi connectivity index (χ0v) is 44.7. The maximum atomic E-state index is 13.2. The Morgan fingerprint density at radius 1 is 0.474 bits per heavy atom. The van der Waals surface area contributed by atoms with Crippen molar-refractivity contribution in [1.82, 2.24) is 44.1 Å². The maximum Gasteiger partial charge on any atom is 0.141 e. The van der Waals surface area contributed by atoms with E-state index in [1.54, 1.807) is 42.7 Å². The Labute approximate surface area is 447 Å². The number of nitrogens with two attached hydrogens (primary N) is 1. The van der Waals surface area contributed by atoms with Gasteiger partial charge in [0.25, 0.3) is 0 Å². The topological polar surface area (TPSA) is 173 Å². The van der Waals surface area contributed by atoms with Gasteiger partial charge in [-0.2, -0.15) is 0 Å². The van der Waals surface area contributed by atoms with Crippen LogP contribution in [0.1, 0.15) is 51.1 Å². The molecule has 12 aromatic rings. The quantitative estimate of drug-likeness (QED) is 0.118. The summed E-state index contributed by atoms with van der Waals surface area (Å²) in [5.41, 5.74) is 25.8. The van der Waals surface area contributed by atoms with Crippen LogP contribution in [0.4, 0.5) is 30.2 Å². The molecule has 0 bridgehead atoms. The molecular formula is C60H57F3N12O3. The standard InChI is InChI=1S/C21H21FN4O.C20H19FN4O.C19H17FN4O/c1-13-20(14(2)27-24-13)16-9-18(25(3)4)21-19(10-16)26(12-23-21)11-15-5-7-17(22)8-6-15;1-12-19(13(2)26-24-12)15-8-17(22-3)20-18(9-15)25(11-23-20)10-14-4-6-16(21)7-5-14;1-11-18(12(2)25-23-11)14-7-16(21)19-17(8-14)24(10-22-19)9-13-3-5-15(20)6-4-13/h5-10,12H,11H2,1-4H3;4-9,11,22H,10H2,1-3H3;3-8,10H,9,21H2,1-2H3. The van der Waals surface area contributed by atoms with Crippen molar-refractivity contribution in [2.75, 3.05) is 37.1 Å². The van der Waals surface area contributed by atoms with Gasteiger partial charge in [0.05, 0.1) is 69.7 Å². The summed E-state index contributed by atoms with van der Waals surface area (Å²) in [6.45, 7) is 13.3. The lowest BCUT2D eigenvalue weighted by atomic mass is 10.0. The molecule has 0 aliphatic carbocycles. The summed E-state index contributed by atoms with van der Waals surface area (Å²) in [5, 5.41) is 15.4. The van der Waals surface area contributed by atoms with E-state index in [2.05, 4.69) is 74.0 Å². The van der Waals surface area contributed by atoms with Crippen LogP contribution in [0.2, 0.25) is 0 Å². The van der Waals surface area contributed by atoms with Crippen LogP contribution in [-0.4, -0.2) is 65.3 Å². The van der Waals surface area contributed by atoms with Crippen LogP contribution in [0, 0.1) is 59.0 Å². The maximum absolute atomic E-state index is 13.2. The molecule has 3 N–H and O–H groups in total. The monoisotopic (exact) mass is 1050 g/mol. The first-order valence-electron chi connectivity index (χ1n) is 25.1. The lowest BCUT2D eigenvalue weighted by Crippen LogP contribution is -2.09. The van der Waals surface area contributed by atoms with Crippen molar-refractivity contribution in [3.63, 3.8) is 0 Å². The highest BCUT2D eigenvalue weighted by Gasteiger charge is 2.20. The highest BCUT2D eigenvalue weighted by molar-refractivity contribution is 5.96. The molecule has 0 radical (unpaired) electrons. The number of fused-ring (bicyclic) bond motifs is 3. The summed E-state index contributed by atoms with van der Waals surface area (Å²) in [5.74, 6) is 1.62. The van der Waals surface area contributed by atoms with E-state index in [4.69, 9.17) is 19.3 Å². The normalized spacial score (nSPS) is 11.3. The molecule has 0 spiro atoms. The molecule has 18 heteroatoms. The van der Waals surface area contributed by atoms with Crippen LogP contribution < -0.4 is 16.0 Å². The first kappa shape index (κ1) is 52.0. The number of hydrogen-bond acceptors (Lipinski definition) is 12. The minimum atomic E-state index is -0.246. The minimum Gasteiger partial charge on any atom is -0.397 e.